The number of thioether (sulfide) groups is 1. The Labute approximate surface area is 122 Å². The molecule has 1 aliphatic rings. The quantitative estimate of drug-likeness (QED) is 0.865. The molecule has 1 fully saturated rings. The molecule has 0 spiro atoms. The van der Waals surface area contributed by atoms with Crippen LogP contribution in [0.4, 0.5) is 0 Å². The van der Waals surface area contributed by atoms with Crippen LogP contribution in [0, 0.1) is 0 Å². The molecule has 0 radical (unpaired) electrons. The zero-order valence-corrected chi connectivity index (χ0v) is 12.4. The summed E-state index contributed by atoms with van der Waals surface area (Å²) in [6.45, 7) is 0. The van der Waals surface area contributed by atoms with E-state index in [1.807, 2.05) is 6.07 Å². The Hall–Kier alpha value is -1.08. The number of imidazole rings is 1. The Kier molecular flexibility index (Phi) is 3.49. The topological polar surface area (TPSA) is 68.0 Å². The maximum Gasteiger partial charge on any atom is 0.313 e. The van der Waals surface area contributed by atoms with E-state index in [0.717, 1.165) is 33.6 Å². The monoisotopic (exact) mass is 341 g/mol. The molecule has 1 aliphatic carbocycles. The molecule has 0 aromatic carbocycles. The van der Waals surface area contributed by atoms with E-state index in [9.17, 15) is 4.79 Å². The molecular weight excluding hydrogens is 330 g/mol. The normalized spacial score (nSPS) is 15.6. The SMILES string of the molecule is O=C(O)CSc1nc2cc(Br)cnc2n1C1CCC1. The zero-order chi connectivity index (χ0) is 13.4. The van der Waals surface area contributed by atoms with Gasteiger partial charge in [0.2, 0.25) is 0 Å². The highest BCUT2D eigenvalue weighted by Crippen LogP contribution is 2.37. The van der Waals surface area contributed by atoms with Crippen molar-refractivity contribution in [2.75, 3.05) is 5.75 Å². The smallest absolute Gasteiger partial charge is 0.313 e. The van der Waals surface area contributed by atoms with E-state index in [-0.39, 0.29) is 5.75 Å². The summed E-state index contributed by atoms with van der Waals surface area (Å²) in [7, 11) is 0. The Balaban J connectivity index is 2.04. The predicted molar refractivity (Wildman–Crippen MR) is 76.5 cm³/mol. The van der Waals surface area contributed by atoms with Crippen molar-refractivity contribution in [2.24, 2.45) is 0 Å². The van der Waals surface area contributed by atoms with Gasteiger partial charge in [0.25, 0.3) is 0 Å². The van der Waals surface area contributed by atoms with Gasteiger partial charge in [-0.1, -0.05) is 11.8 Å². The number of hydrogen-bond donors (Lipinski definition) is 1. The largest absolute Gasteiger partial charge is 0.481 e. The number of carboxylic acids is 1. The summed E-state index contributed by atoms with van der Waals surface area (Å²) in [4.78, 5) is 19.7. The number of carbonyl (C=O) groups is 1. The second-order valence-corrected chi connectivity index (χ2v) is 6.39. The van der Waals surface area contributed by atoms with Crippen LogP contribution in [0.3, 0.4) is 0 Å². The summed E-state index contributed by atoms with van der Waals surface area (Å²) < 4.78 is 2.98. The van der Waals surface area contributed by atoms with Crippen LogP contribution >= 0.6 is 27.7 Å². The minimum atomic E-state index is -0.827. The van der Waals surface area contributed by atoms with E-state index in [1.54, 1.807) is 6.20 Å². The number of nitrogens with zero attached hydrogens (tertiary/aromatic N) is 3. The van der Waals surface area contributed by atoms with Crippen molar-refractivity contribution in [3.63, 3.8) is 0 Å². The van der Waals surface area contributed by atoms with Gasteiger partial charge in [0.15, 0.2) is 10.8 Å². The molecule has 2 aromatic heterocycles. The second-order valence-electron chi connectivity index (χ2n) is 4.53. The van der Waals surface area contributed by atoms with Crippen LogP contribution in [0.1, 0.15) is 25.3 Å². The fourth-order valence-electron chi connectivity index (χ4n) is 2.14. The van der Waals surface area contributed by atoms with Crippen molar-refractivity contribution >= 4 is 44.8 Å². The first-order valence-corrected chi connectivity index (χ1v) is 7.81. The molecule has 2 heterocycles. The number of aromatic nitrogens is 3. The first kappa shape index (κ1) is 12.9. The molecule has 1 saturated carbocycles. The van der Waals surface area contributed by atoms with Gasteiger partial charge in [-0.3, -0.25) is 4.79 Å². The Bertz CT molecular complexity index is 639. The Morgan fingerprint density at radius 3 is 3.00 bits per heavy atom. The van der Waals surface area contributed by atoms with Crippen molar-refractivity contribution in [1.82, 2.24) is 14.5 Å². The number of rotatable bonds is 4. The highest BCUT2D eigenvalue weighted by molar-refractivity contribution is 9.10. The van der Waals surface area contributed by atoms with Gasteiger partial charge in [0.05, 0.1) is 5.75 Å². The highest BCUT2D eigenvalue weighted by atomic mass is 79.9. The predicted octanol–water partition coefficient (Wildman–Crippen LogP) is 3.10. The lowest BCUT2D eigenvalue weighted by molar-refractivity contribution is -0.133. The number of halogens is 1. The Morgan fingerprint density at radius 2 is 2.37 bits per heavy atom. The van der Waals surface area contributed by atoms with Crippen molar-refractivity contribution in [3.8, 4) is 0 Å². The fraction of sp³-hybridized carbons (Fsp3) is 0.417. The lowest BCUT2D eigenvalue weighted by Crippen LogP contribution is -2.18. The summed E-state index contributed by atoms with van der Waals surface area (Å²) in [5.41, 5.74) is 1.66. The number of pyridine rings is 1. The average Bonchev–Trinajstić information content (AvgIpc) is 2.62. The zero-order valence-electron chi connectivity index (χ0n) is 10.0. The van der Waals surface area contributed by atoms with Crippen LogP contribution in [0.2, 0.25) is 0 Å². The van der Waals surface area contributed by atoms with Crippen LogP contribution in [0.5, 0.6) is 0 Å². The summed E-state index contributed by atoms with van der Waals surface area (Å²) >= 11 is 4.65. The third-order valence-corrected chi connectivity index (χ3v) is 4.60. The first-order chi connectivity index (χ1) is 9.15. The van der Waals surface area contributed by atoms with Crippen molar-refractivity contribution < 1.29 is 9.90 Å². The summed E-state index contributed by atoms with van der Waals surface area (Å²) in [6.07, 6.45) is 5.20. The van der Waals surface area contributed by atoms with Gasteiger partial charge >= 0.3 is 5.97 Å². The molecule has 2 aromatic rings. The van der Waals surface area contributed by atoms with Gasteiger partial charge in [-0.25, -0.2) is 9.97 Å². The minimum absolute atomic E-state index is 0.0250. The molecule has 3 rings (SSSR count). The van der Waals surface area contributed by atoms with Gasteiger partial charge in [-0.2, -0.15) is 0 Å². The third kappa shape index (κ3) is 2.49. The van der Waals surface area contributed by atoms with Gasteiger partial charge in [-0.15, -0.1) is 0 Å². The molecule has 0 aliphatic heterocycles. The number of carboxylic acid groups (broad SMARTS) is 1. The highest BCUT2D eigenvalue weighted by Gasteiger charge is 2.25. The molecule has 100 valence electrons. The van der Waals surface area contributed by atoms with E-state index in [1.165, 1.54) is 18.2 Å². The number of aliphatic carboxylic acids is 1. The van der Waals surface area contributed by atoms with E-state index >= 15 is 0 Å². The van der Waals surface area contributed by atoms with Crippen molar-refractivity contribution in [3.05, 3.63) is 16.7 Å². The maximum atomic E-state index is 10.7. The molecule has 7 heteroatoms. The average molecular weight is 342 g/mol. The van der Waals surface area contributed by atoms with E-state index < -0.39 is 5.97 Å². The van der Waals surface area contributed by atoms with E-state index in [4.69, 9.17) is 5.11 Å². The summed E-state index contributed by atoms with van der Waals surface area (Å²) in [5.74, 6) is -0.802. The molecule has 5 nitrogen and oxygen atoms in total. The molecule has 1 N–H and O–H groups in total. The molecule has 0 bridgehead atoms. The van der Waals surface area contributed by atoms with Crippen molar-refractivity contribution in [2.45, 2.75) is 30.5 Å². The van der Waals surface area contributed by atoms with Crippen LogP contribution < -0.4 is 0 Å². The van der Waals surface area contributed by atoms with Crippen LogP contribution in [0.15, 0.2) is 21.9 Å². The minimum Gasteiger partial charge on any atom is -0.481 e. The van der Waals surface area contributed by atoms with E-state index in [2.05, 4.69) is 30.5 Å². The Morgan fingerprint density at radius 1 is 1.58 bits per heavy atom. The van der Waals surface area contributed by atoms with Gasteiger partial charge in [0.1, 0.15) is 5.52 Å². The molecule has 0 unspecified atom stereocenters. The second kappa shape index (κ2) is 5.13. The van der Waals surface area contributed by atoms with Gasteiger partial charge in [-0.05, 0) is 41.3 Å². The van der Waals surface area contributed by atoms with Crippen molar-refractivity contribution in [1.29, 1.82) is 0 Å². The number of hydrogen-bond acceptors (Lipinski definition) is 4. The van der Waals surface area contributed by atoms with E-state index in [0.29, 0.717) is 6.04 Å². The van der Waals surface area contributed by atoms with Crippen LogP contribution in [0.25, 0.3) is 11.2 Å². The van der Waals surface area contributed by atoms with Gasteiger partial charge < -0.3 is 9.67 Å². The fourth-order valence-corrected chi connectivity index (χ4v) is 3.25. The lowest BCUT2D eigenvalue weighted by atomic mass is 9.93. The molecular formula is C12H12BrN3O2S. The molecule has 19 heavy (non-hydrogen) atoms. The lowest BCUT2D eigenvalue weighted by Gasteiger charge is -2.28. The summed E-state index contributed by atoms with van der Waals surface area (Å²) in [6, 6.07) is 2.33. The molecule has 0 amide bonds. The third-order valence-electron chi connectivity index (χ3n) is 3.23. The van der Waals surface area contributed by atoms with Gasteiger partial charge in [0, 0.05) is 16.7 Å². The number of fused-ring (bicyclic) bond motifs is 1. The first-order valence-electron chi connectivity index (χ1n) is 6.03. The molecule has 0 atom stereocenters. The standard InChI is InChI=1S/C12H12BrN3O2S/c13-7-4-9-11(14-5-7)16(8-2-1-3-8)12(15-9)19-6-10(17)18/h4-5,8H,1-3,6H2,(H,17,18). The van der Waals surface area contributed by atoms with Crippen LogP contribution in [-0.2, 0) is 4.79 Å². The van der Waals surface area contributed by atoms with Crippen LogP contribution in [-0.4, -0.2) is 31.4 Å². The summed E-state index contributed by atoms with van der Waals surface area (Å²) in [5, 5.41) is 9.57. The maximum absolute atomic E-state index is 10.7. The molecule has 0 saturated heterocycles.